The van der Waals surface area contributed by atoms with Crippen LogP contribution in [0.4, 0.5) is 17.1 Å². The molecule has 0 radical (unpaired) electrons. The molecule has 0 fully saturated rings. The minimum absolute atomic E-state index is 0.0737. The van der Waals surface area contributed by atoms with E-state index in [-0.39, 0.29) is 23.2 Å². The number of amides is 1. The van der Waals surface area contributed by atoms with Crippen LogP contribution in [-0.4, -0.2) is 24.4 Å². The van der Waals surface area contributed by atoms with Crippen molar-refractivity contribution in [1.29, 1.82) is 0 Å². The molecule has 25 heavy (non-hydrogen) atoms. The lowest BCUT2D eigenvalue weighted by Crippen LogP contribution is -2.30. The van der Waals surface area contributed by atoms with E-state index >= 15 is 0 Å². The van der Waals surface area contributed by atoms with Gasteiger partial charge in [-0.2, -0.15) is 0 Å². The number of hydrogen-bond acceptors (Lipinski definition) is 4. The second-order valence-electron chi connectivity index (χ2n) is 6.07. The summed E-state index contributed by atoms with van der Waals surface area (Å²) in [6, 6.07) is 8.21. The maximum absolute atomic E-state index is 12.4. The van der Waals surface area contributed by atoms with Crippen LogP contribution in [0.15, 0.2) is 30.3 Å². The molecule has 2 aromatic carbocycles. The molecule has 0 aliphatic heterocycles. The van der Waals surface area contributed by atoms with E-state index in [1.54, 1.807) is 11.9 Å². The Morgan fingerprint density at radius 2 is 1.80 bits per heavy atom. The van der Waals surface area contributed by atoms with Crippen molar-refractivity contribution in [2.24, 2.45) is 0 Å². The van der Waals surface area contributed by atoms with Crippen LogP contribution in [0.3, 0.4) is 0 Å². The molecular weight excluding hydrogens is 342 g/mol. The van der Waals surface area contributed by atoms with Gasteiger partial charge in [-0.05, 0) is 38.0 Å². The molecule has 2 aromatic rings. The largest absolute Gasteiger partial charge is 0.364 e. The van der Waals surface area contributed by atoms with Crippen LogP contribution in [0.1, 0.15) is 16.7 Å². The Kier molecular flexibility index (Phi) is 5.64. The number of benzene rings is 2. The lowest BCUT2D eigenvalue weighted by molar-refractivity contribution is -0.384. The Bertz CT molecular complexity index is 813. The van der Waals surface area contributed by atoms with E-state index in [4.69, 9.17) is 11.6 Å². The molecule has 0 heterocycles. The van der Waals surface area contributed by atoms with Crippen molar-refractivity contribution in [1.82, 2.24) is 0 Å². The zero-order chi connectivity index (χ0) is 18.7. The number of hydrogen-bond donors (Lipinski definition) is 1. The lowest BCUT2D eigenvalue weighted by atomic mass is 10.1. The lowest BCUT2D eigenvalue weighted by Gasteiger charge is -2.21. The first-order valence-electron chi connectivity index (χ1n) is 7.72. The van der Waals surface area contributed by atoms with Gasteiger partial charge in [-0.1, -0.05) is 29.3 Å². The number of non-ortho nitro benzene ring substituents is 1. The standard InChI is InChI=1S/C18H20ClN3O3/c1-11-7-12(2)18(13(3)8-11)20-17(23)10-21(4)16-6-5-14(22(24)25)9-15(16)19/h5-9H,10H2,1-4H3,(H,20,23). The minimum atomic E-state index is -0.509. The predicted octanol–water partition coefficient (Wildman–Crippen LogP) is 4.25. The second-order valence-corrected chi connectivity index (χ2v) is 6.48. The molecule has 1 amide bonds. The van der Waals surface area contributed by atoms with E-state index in [9.17, 15) is 14.9 Å². The fraction of sp³-hybridized carbons (Fsp3) is 0.278. The van der Waals surface area contributed by atoms with Gasteiger partial charge in [0.25, 0.3) is 5.69 Å². The topological polar surface area (TPSA) is 75.5 Å². The van der Waals surface area contributed by atoms with Gasteiger partial charge >= 0.3 is 0 Å². The minimum Gasteiger partial charge on any atom is -0.364 e. The predicted molar refractivity (Wildman–Crippen MR) is 101 cm³/mol. The van der Waals surface area contributed by atoms with Crippen LogP contribution in [0.25, 0.3) is 0 Å². The SMILES string of the molecule is Cc1cc(C)c(NC(=O)CN(C)c2ccc([N+](=O)[O-])cc2Cl)c(C)c1. The van der Waals surface area contributed by atoms with Gasteiger partial charge in [0.05, 0.1) is 22.2 Å². The number of aryl methyl sites for hydroxylation is 3. The molecule has 6 nitrogen and oxygen atoms in total. The molecule has 0 saturated heterocycles. The molecule has 0 atom stereocenters. The van der Waals surface area contributed by atoms with Crippen molar-refractivity contribution in [3.63, 3.8) is 0 Å². The van der Waals surface area contributed by atoms with Crippen LogP contribution in [0.2, 0.25) is 5.02 Å². The molecule has 0 aliphatic rings. The Morgan fingerprint density at radius 3 is 2.32 bits per heavy atom. The van der Waals surface area contributed by atoms with E-state index in [0.29, 0.717) is 5.69 Å². The van der Waals surface area contributed by atoms with E-state index in [0.717, 1.165) is 22.4 Å². The molecule has 0 aliphatic carbocycles. The highest BCUT2D eigenvalue weighted by molar-refractivity contribution is 6.33. The Balaban J connectivity index is 2.12. The zero-order valence-corrected chi connectivity index (χ0v) is 15.3. The van der Waals surface area contributed by atoms with E-state index in [1.165, 1.54) is 18.2 Å². The van der Waals surface area contributed by atoms with Crippen molar-refractivity contribution < 1.29 is 9.72 Å². The highest BCUT2D eigenvalue weighted by Gasteiger charge is 2.15. The molecule has 1 N–H and O–H groups in total. The Labute approximate surface area is 151 Å². The summed E-state index contributed by atoms with van der Waals surface area (Å²) in [7, 11) is 1.71. The van der Waals surface area contributed by atoms with Gasteiger partial charge in [-0.25, -0.2) is 0 Å². The van der Waals surface area contributed by atoms with Crippen LogP contribution >= 0.6 is 11.6 Å². The first-order chi connectivity index (χ1) is 11.7. The summed E-state index contributed by atoms with van der Waals surface area (Å²) in [5.41, 5.74) is 4.42. The summed E-state index contributed by atoms with van der Waals surface area (Å²) < 4.78 is 0. The van der Waals surface area contributed by atoms with E-state index in [1.807, 2.05) is 32.9 Å². The van der Waals surface area contributed by atoms with Crippen LogP contribution in [0.5, 0.6) is 0 Å². The summed E-state index contributed by atoms with van der Waals surface area (Å²) in [5.74, 6) is -0.188. The summed E-state index contributed by atoms with van der Waals surface area (Å²) in [4.78, 5) is 24.3. The Hall–Kier alpha value is -2.60. The maximum Gasteiger partial charge on any atom is 0.271 e. The number of nitro groups is 1. The smallest absolute Gasteiger partial charge is 0.271 e. The van der Waals surface area contributed by atoms with Gasteiger partial charge in [-0.15, -0.1) is 0 Å². The fourth-order valence-corrected chi connectivity index (χ4v) is 3.09. The molecule has 0 saturated carbocycles. The molecule has 0 unspecified atom stereocenters. The fourth-order valence-electron chi connectivity index (χ4n) is 2.78. The summed E-state index contributed by atoms with van der Waals surface area (Å²) in [6.07, 6.45) is 0. The number of rotatable bonds is 5. The average Bonchev–Trinajstić information content (AvgIpc) is 2.50. The second kappa shape index (κ2) is 7.53. The van der Waals surface area contributed by atoms with Crippen LogP contribution < -0.4 is 10.2 Å². The number of halogens is 1. The molecule has 0 bridgehead atoms. The zero-order valence-electron chi connectivity index (χ0n) is 14.6. The number of anilines is 2. The first kappa shape index (κ1) is 18.7. The van der Waals surface area contributed by atoms with Crippen LogP contribution in [0, 0.1) is 30.9 Å². The summed E-state index contributed by atoms with van der Waals surface area (Å²) in [5, 5.41) is 13.9. The number of nitro benzene ring substituents is 1. The summed E-state index contributed by atoms with van der Waals surface area (Å²) in [6.45, 7) is 5.99. The van der Waals surface area contributed by atoms with Gasteiger partial charge in [-0.3, -0.25) is 14.9 Å². The first-order valence-corrected chi connectivity index (χ1v) is 8.09. The van der Waals surface area contributed by atoms with Gasteiger partial charge < -0.3 is 10.2 Å². The average molecular weight is 362 g/mol. The van der Waals surface area contributed by atoms with E-state index in [2.05, 4.69) is 5.32 Å². The monoisotopic (exact) mass is 361 g/mol. The molecule has 0 spiro atoms. The number of nitrogens with one attached hydrogen (secondary N) is 1. The molecule has 0 aromatic heterocycles. The molecule has 132 valence electrons. The summed E-state index contributed by atoms with van der Waals surface area (Å²) >= 11 is 6.10. The molecular formula is C18H20ClN3O3. The van der Waals surface area contributed by atoms with Crippen molar-refractivity contribution in [3.05, 3.63) is 62.2 Å². The third kappa shape index (κ3) is 4.48. The number of likely N-dealkylation sites (N-methyl/N-ethyl adjacent to an activating group) is 1. The van der Waals surface area contributed by atoms with Crippen molar-refractivity contribution in [3.8, 4) is 0 Å². The molecule has 2 rings (SSSR count). The van der Waals surface area contributed by atoms with Crippen molar-refractivity contribution in [2.75, 3.05) is 23.8 Å². The normalized spacial score (nSPS) is 10.4. The van der Waals surface area contributed by atoms with Gasteiger partial charge in [0.15, 0.2) is 0 Å². The van der Waals surface area contributed by atoms with Crippen LogP contribution in [-0.2, 0) is 4.79 Å². The van der Waals surface area contributed by atoms with Crippen molar-refractivity contribution in [2.45, 2.75) is 20.8 Å². The number of carbonyl (C=O) groups excluding carboxylic acids is 1. The quantitative estimate of drug-likeness (QED) is 0.638. The van der Waals surface area contributed by atoms with Gasteiger partial charge in [0, 0.05) is 24.9 Å². The van der Waals surface area contributed by atoms with Gasteiger partial charge in [0.2, 0.25) is 5.91 Å². The maximum atomic E-state index is 12.4. The third-order valence-electron chi connectivity index (χ3n) is 3.88. The van der Waals surface area contributed by atoms with Crippen molar-refractivity contribution >= 4 is 34.6 Å². The van der Waals surface area contributed by atoms with E-state index < -0.39 is 4.92 Å². The molecule has 7 heteroatoms. The number of nitrogens with zero attached hydrogens (tertiary/aromatic N) is 2. The Morgan fingerprint density at radius 1 is 1.20 bits per heavy atom. The number of carbonyl (C=O) groups is 1. The highest BCUT2D eigenvalue weighted by Crippen LogP contribution is 2.29. The highest BCUT2D eigenvalue weighted by atomic mass is 35.5. The van der Waals surface area contributed by atoms with Gasteiger partial charge in [0.1, 0.15) is 0 Å². The third-order valence-corrected chi connectivity index (χ3v) is 4.18.